The Morgan fingerprint density at radius 3 is 2.55 bits per heavy atom. The number of hydrogen-bond acceptors (Lipinski definition) is 4. The van der Waals surface area contributed by atoms with Crippen LogP contribution < -0.4 is 4.74 Å². The Hall–Kier alpha value is -2.37. The first kappa shape index (κ1) is 14.0. The van der Waals surface area contributed by atoms with Crippen molar-refractivity contribution in [2.75, 3.05) is 13.2 Å². The summed E-state index contributed by atoms with van der Waals surface area (Å²) < 4.78 is 5.41. The van der Waals surface area contributed by atoms with Crippen LogP contribution >= 0.6 is 0 Å². The summed E-state index contributed by atoms with van der Waals surface area (Å²) in [5.74, 6) is -1.24. The van der Waals surface area contributed by atoms with Crippen LogP contribution in [0.25, 0.3) is 0 Å². The van der Waals surface area contributed by atoms with E-state index in [4.69, 9.17) is 9.84 Å². The van der Waals surface area contributed by atoms with E-state index in [-0.39, 0.29) is 49.1 Å². The Bertz CT molecular complexity index is 551. The van der Waals surface area contributed by atoms with Gasteiger partial charge in [-0.15, -0.1) is 0 Å². The average Bonchev–Trinajstić information content (AvgIpc) is 2.70. The zero-order valence-corrected chi connectivity index (χ0v) is 11.1. The highest BCUT2D eigenvalue weighted by Crippen LogP contribution is 2.20. The minimum Gasteiger partial charge on any atom is -0.491 e. The molecular formula is C14H15NO5. The smallest absolute Gasteiger partial charge is 0.339 e. The molecule has 2 rings (SSSR count). The lowest BCUT2D eigenvalue weighted by Crippen LogP contribution is -2.33. The lowest BCUT2D eigenvalue weighted by molar-refractivity contribution is -0.138. The molecule has 6 heteroatoms. The van der Waals surface area contributed by atoms with Crippen LogP contribution in [-0.2, 0) is 9.59 Å². The van der Waals surface area contributed by atoms with Crippen LogP contribution in [0.5, 0.6) is 5.75 Å². The van der Waals surface area contributed by atoms with Gasteiger partial charge in [0.1, 0.15) is 17.9 Å². The zero-order chi connectivity index (χ0) is 14.7. The molecule has 0 saturated carbocycles. The molecule has 1 aliphatic heterocycles. The highest BCUT2D eigenvalue weighted by molar-refractivity contribution is 6.01. The standard InChI is InChI=1S/C14H15NO5/c1-9-2-3-10(14(18)19)11(8-9)20-7-6-15-12(16)4-5-13(15)17/h2-3,8H,4-7H2,1H3,(H,18,19). The average molecular weight is 277 g/mol. The molecule has 0 atom stereocenters. The van der Waals surface area contributed by atoms with Crippen LogP contribution in [-0.4, -0.2) is 40.9 Å². The molecule has 0 unspecified atom stereocenters. The molecule has 1 aromatic rings. The van der Waals surface area contributed by atoms with E-state index in [0.29, 0.717) is 0 Å². The number of nitrogens with zero attached hydrogens (tertiary/aromatic N) is 1. The van der Waals surface area contributed by atoms with E-state index in [1.54, 1.807) is 12.1 Å². The first-order valence-electron chi connectivity index (χ1n) is 6.29. The SMILES string of the molecule is Cc1ccc(C(=O)O)c(OCCN2C(=O)CCC2=O)c1. The van der Waals surface area contributed by atoms with Crippen molar-refractivity contribution in [2.45, 2.75) is 19.8 Å². The number of likely N-dealkylation sites (tertiary alicyclic amines) is 1. The van der Waals surface area contributed by atoms with Crippen LogP contribution in [0.3, 0.4) is 0 Å². The molecule has 0 radical (unpaired) electrons. The summed E-state index contributed by atoms with van der Waals surface area (Å²) in [5, 5.41) is 9.05. The first-order valence-corrected chi connectivity index (χ1v) is 6.29. The largest absolute Gasteiger partial charge is 0.491 e. The summed E-state index contributed by atoms with van der Waals surface area (Å²) in [7, 11) is 0. The van der Waals surface area contributed by atoms with E-state index >= 15 is 0 Å². The molecule has 1 aromatic carbocycles. The molecule has 0 spiro atoms. The maximum atomic E-state index is 11.4. The number of aryl methyl sites for hydroxylation is 1. The molecule has 1 aliphatic rings. The van der Waals surface area contributed by atoms with Gasteiger partial charge in [-0.2, -0.15) is 0 Å². The van der Waals surface area contributed by atoms with E-state index in [1.807, 2.05) is 6.92 Å². The molecular weight excluding hydrogens is 262 g/mol. The Kier molecular flexibility index (Phi) is 4.02. The maximum absolute atomic E-state index is 11.4. The lowest BCUT2D eigenvalue weighted by atomic mass is 10.1. The number of carbonyl (C=O) groups is 3. The molecule has 2 amide bonds. The quantitative estimate of drug-likeness (QED) is 0.818. The third-order valence-corrected chi connectivity index (χ3v) is 3.09. The normalized spacial score (nSPS) is 14.8. The van der Waals surface area contributed by atoms with E-state index in [0.717, 1.165) is 10.5 Å². The third kappa shape index (κ3) is 2.96. The van der Waals surface area contributed by atoms with E-state index < -0.39 is 5.97 Å². The number of rotatable bonds is 5. The van der Waals surface area contributed by atoms with Gasteiger partial charge in [0.15, 0.2) is 0 Å². The number of benzene rings is 1. The topological polar surface area (TPSA) is 83.9 Å². The summed E-state index contributed by atoms with van der Waals surface area (Å²) in [4.78, 5) is 35.0. The van der Waals surface area contributed by atoms with Gasteiger partial charge in [-0.25, -0.2) is 4.79 Å². The van der Waals surface area contributed by atoms with Gasteiger partial charge < -0.3 is 9.84 Å². The van der Waals surface area contributed by atoms with Crippen molar-refractivity contribution in [2.24, 2.45) is 0 Å². The first-order chi connectivity index (χ1) is 9.49. The molecule has 106 valence electrons. The van der Waals surface area contributed by atoms with Gasteiger partial charge in [-0.1, -0.05) is 6.07 Å². The zero-order valence-electron chi connectivity index (χ0n) is 11.1. The summed E-state index contributed by atoms with van der Waals surface area (Å²) in [5.41, 5.74) is 0.938. The Morgan fingerprint density at radius 2 is 1.95 bits per heavy atom. The minimum absolute atomic E-state index is 0.0645. The molecule has 1 fully saturated rings. The number of imide groups is 1. The number of aromatic carboxylic acids is 1. The second-order valence-corrected chi connectivity index (χ2v) is 4.59. The van der Waals surface area contributed by atoms with Gasteiger partial charge in [0.25, 0.3) is 0 Å². The Morgan fingerprint density at radius 1 is 1.30 bits per heavy atom. The predicted octanol–water partition coefficient (Wildman–Crippen LogP) is 1.22. The monoisotopic (exact) mass is 277 g/mol. The molecule has 1 N–H and O–H groups in total. The van der Waals surface area contributed by atoms with Crippen molar-refractivity contribution in [1.29, 1.82) is 0 Å². The van der Waals surface area contributed by atoms with Crippen LogP contribution in [0.15, 0.2) is 18.2 Å². The molecule has 20 heavy (non-hydrogen) atoms. The molecule has 0 bridgehead atoms. The van der Waals surface area contributed by atoms with Crippen molar-refractivity contribution in [3.63, 3.8) is 0 Å². The lowest BCUT2D eigenvalue weighted by Gasteiger charge is -2.15. The van der Waals surface area contributed by atoms with Gasteiger partial charge in [0.05, 0.1) is 6.54 Å². The maximum Gasteiger partial charge on any atom is 0.339 e. The Labute approximate surface area is 115 Å². The van der Waals surface area contributed by atoms with Crippen molar-refractivity contribution >= 4 is 17.8 Å². The molecule has 0 aromatic heterocycles. The van der Waals surface area contributed by atoms with E-state index in [2.05, 4.69) is 0 Å². The fraction of sp³-hybridized carbons (Fsp3) is 0.357. The number of hydrogen-bond donors (Lipinski definition) is 1. The van der Waals surface area contributed by atoms with Crippen LogP contribution in [0.2, 0.25) is 0 Å². The third-order valence-electron chi connectivity index (χ3n) is 3.09. The fourth-order valence-corrected chi connectivity index (χ4v) is 2.04. The summed E-state index contributed by atoms with van der Waals surface area (Å²) in [6, 6.07) is 4.78. The van der Waals surface area contributed by atoms with Crippen LogP contribution in [0.4, 0.5) is 0 Å². The number of ether oxygens (including phenoxy) is 1. The minimum atomic E-state index is -1.08. The van der Waals surface area contributed by atoms with Gasteiger partial charge in [0, 0.05) is 12.8 Å². The second kappa shape index (κ2) is 5.73. The molecule has 1 heterocycles. The number of carbonyl (C=O) groups excluding carboxylic acids is 2. The molecule has 0 aliphatic carbocycles. The number of carboxylic acids is 1. The summed E-state index contributed by atoms with van der Waals surface area (Å²) in [6.45, 7) is 2.05. The molecule has 1 saturated heterocycles. The fourth-order valence-electron chi connectivity index (χ4n) is 2.04. The van der Waals surface area contributed by atoms with Crippen molar-refractivity contribution in [3.8, 4) is 5.75 Å². The highest BCUT2D eigenvalue weighted by Gasteiger charge is 2.28. The predicted molar refractivity (Wildman–Crippen MR) is 69.6 cm³/mol. The van der Waals surface area contributed by atoms with Crippen molar-refractivity contribution in [3.05, 3.63) is 29.3 Å². The van der Waals surface area contributed by atoms with E-state index in [1.165, 1.54) is 6.07 Å². The van der Waals surface area contributed by atoms with Gasteiger partial charge >= 0.3 is 5.97 Å². The van der Waals surface area contributed by atoms with Crippen LogP contribution in [0.1, 0.15) is 28.8 Å². The van der Waals surface area contributed by atoms with Crippen molar-refractivity contribution < 1.29 is 24.2 Å². The summed E-state index contributed by atoms with van der Waals surface area (Å²) >= 11 is 0. The van der Waals surface area contributed by atoms with Gasteiger partial charge in [-0.3, -0.25) is 14.5 Å². The van der Waals surface area contributed by atoms with Gasteiger partial charge in [-0.05, 0) is 24.6 Å². The van der Waals surface area contributed by atoms with Crippen molar-refractivity contribution in [1.82, 2.24) is 4.90 Å². The number of carboxylic acid groups (broad SMARTS) is 1. The van der Waals surface area contributed by atoms with Gasteiger partial charge in [0.2, 0.25) is 11.8 Å². The van der Waals surface area contributed by atoms with E-state index in [9.17, 15) is 14.4 Å². The Balaban J connectivity index is 2.00. The number of amides is 2. The summed E-state index contributed by atoms with van der Waals surface area (Å²) in [6.07, 6.45) is 0.479. The van der Waals surface area contributed by atoms with Crippen LogP contribution in [0, 0.1) is 6.92 Å². The second-order valence-electron chi connectivity index (χ2n) is 4.59. The molecule has 6 nitrogen and oxygen atoms in total. The highest BCUT2D eigenvalue weighted by atomic mass is 16.5.